The molecule has 0 aliphatic carbocycles. The maximum absolute atomic E-state index is 13.5. The van der Waals surface area contributed by atoms with Crippen LogP contribution in [0.25, 0.3) is 0 Å². The second kappa shape index (κ2) is 11.5. The Labute approximate surface area is 193 Å². The molecule has 2 aromatic carbocycles. The van der Waals surface area contributed by atoms with Crippen LogP contribution in [0.3, 0.4) is 0 Å². The molecular formula is C24H27N5O2S. The highest BCUT2D eigenvalue weighted by atomic mass is 32.2. The molecule has 0 radical (unpaired) electrons. The van der Waals surface area contributed by atoms with Crippen LogP contribution >= 0.6 is 11.8 Å². The van der Waals surface area contributed by atoms with Crippen molar-refractivity contribution in [2.75, 3.05) is 39.8 Å². The van der Waals surface area contributed by atoms with Crippen LogP contribution in [0.1, 0.15) is 33.7 Å². The molecule has 1 unspecified atom stereocenters. The van der Waals surface area contributed by atoms with Crippen LogP contribution in [0.5, 0.6) is 0 Å². The minimum absolute atomic E-state index is 0.0512. The van der Waals surface area contributed by atoms with E-state index in [0.29, 0.717) is 47.9 Å². The Bertz CT molecular complexity index is 1010. The zero-order chi connectivity index (χ0) is 22.9. The molecule has 32 heavy (non-hydrogen) atoms. The van der Waals surface area contributed by atoms with Gasteiger partial charge in [0.2, 0.25) is 5.91 Å². The second-order valence-electron chi connectivity index (χ2n) is 7.40. The molecule has 1 aliphatic heterocycles. The number of benzene rings is 2. The number of nitriles is 1. The molecule has 1 heterocycles. The average molecular weight is 450 g/mol. The molecule has 1 saturated heterocycles. The molecule has 1 atom stereocenters. The first kappa shape index (κ1) is 23.5. The highest BCUT2D eigenvalue weighted by Crippen LogP contribution is 2.34. The number of carbonyl (C=O) groups is 2. The Kier molecular flexibility index (Phi) is 8.42. The van der Waals surface area contributed by atoms with Crippen LogP contribution in [-0.2, 0) is 4.79 Å². The van der Waals surface area contributed by atoms with Crippen molar-refractivity contribution in [1.82, 2.24) is 15.1 Å². The van der Waals surface area contributed by atoms with Gasteiger partial charge < -0.3 is 15.1 Å². The van der Waals surface area contributed by atoms with E-state index in [1.807, 2.05) is 60.2 Å². The molecule has 1 aliphatic rings. The molecule has 1 N–H and O–H groups in total. The number of aldehydes is 1. The number of hydrogen-bond donors (Lipinski definition) is 1. The van der Waals surface area contributed by atoms with Gasteiger partial charge in [-0.1, -0.05) is 42.1 Å². The smallest absolute Gasteiger partial charge is 0.240 e. The molecule has 0 bridgehead atoms. The number of piperazine rings is 1. The van der Waals surface area contributed by atoms with Crippen molar-refractivity contribution >= 4 is 34.8 Å². The Balaban J connectivity index is 2.00. The molecule has 8 heteroatoms. The summed E-state index contributed by atoms with van der Waals surface area (Å²) in [6, 6.07) is 16.6. The van der Waals surface area contributed by atoms with E-state index >= 15 is 0 Å². The van der Waals surface area contributed by atoms with Crippen LogP contribution in [0, 0.1) is 11.3 Å². The SMILES string of the molecule is CCN(C)C(=Nc1ccc(C#N)cc1C=O)SC(C(=O)N1CCNCC1)c1ccccc1. The number of amidine groups is 1. The number of rotatable bonds is 6. The summed E-state index contributed by atoms with van der Waals surface area (Å²) in [4.78, 5) is 33.7. The normalized spacial score (nSPS) is 15.0. The summed E-state index contributed by atoms with van der Waals surface area (Å²) in [5.74, 6) is 0.0512. The van der Waals surface area contributed by atoms with Crippen molar-refractivity contribution in [3.8, 4) is 6.07 Å². The number of thioether (sulfide) groups is 1. The Morgan fingerprint density at radius 1 is 1.28 bits per heavy atom. The van der Waals surface area contributed by atoms with Crippen LogP contribution in [-0.4, -0.2) is 66.9 Å². The van der Waals surface area contributed by atoms with Gasteiger partial charge in [-0.3, -0.25) is 9.59 Å². The maximum atomic E-state index is 13.5. The largest absolute Gasteiger partial charge is 0.354 e. The van der Waals surface area contributed by atoms with Crippen molar-refractivity contribution in [3.05, 3.63) is 65.2 Å². The quantitative estimate of drug-likeness (QED) is 0.414. The third-order valence-corrected chi connectivity index (χ3v) is 6.60. The predicted molar refractivity (Wildman–Crippen MR) is 128 cm³/mol. The molecule has 2 aromatic rings. The van der Waals surface area contributed by atoms with Gasteiger partial charge in [0, 0.05) is 45.3 Å². The zero-order valence-electron chi connectivity index (χ0n) is 18.3. The van der Waals surface area contributed by atoms with Crippen LogP contribution in [0.2, 0.25) is 0 Å². The Morgan fingerprint density at radius 2 is 2.00 bits per heavy atom. The summed E-state index contributed by atoms with van der Waals surface area (Å²) in [5, 5.41) is 12.6. The summed E-state index contributed by atoms with van der Waals surface area (Å²) in [6.07, 6.45) is 0.703. The molecule has 0 saturated carbocycles. The first-order chi connectivity index (χ1) is 15.6. The van der Waals surface area contributed by atoms with E-state index in [0.717, 1.165) is 18.7 Å². The molecule has 0 spiro atoms. The van der Waals surface area contributed by atoms with E-state index in [4.69, 9.17) is 10.3 Å². The first-order valence-corrected chi connectivity index (χ1v) is 11.5. The van der Waals surface area contributed by atoms with Gasteiger partial charge >= 0.3 is 0 Å². The number of nitrogens with one attached hydrogen (secondary N) is 1. The molecule has 0 aromatic heterocycles. The summed E-state index contributed by atoms with van der Waals surface area (Å²) < 4.78 is 0. The third kappa shape index (κ3) is 5.75. The predicted octanol–water partition coefficient (Wildman–Crippen LogP) is 3.22. The summed E-state index contributed by atoms with van der Waals surface area (Å²) in [7, 11) is 1.91. The van der Waals surface area contributed by atoms with Crippen molar-refractivity contribution in [3.63, 3.8) is 0 Å². The van der Waals surface area contributed by atoms with Crippen LogP contribution in [0.15, 0.2) is 53.5 Å². The maximum Gasteiger partial charge on any atom is 0.240 e. The zero-order valence-corrected chi connectivity index (χ0v) is 19.1. The highest BCUT2D eigenvalue weighted by Gasteiger charge is 2.30. The van der Waals surface area contributed by atoms with Crippen LogP contribution < -0.4 is 5.32 Å². The Hall–Kier alpha value is -3.15. The van der Waals surface area contributed by atoms with Gasteiger partial charge in [-0.15, -0.1) is 0 Å². The lowest BCUT2D eigenvalue weighted by atomic mass is 10.1. The average Bonchev–Trinajstić information content (AvgIpc) is 2.86. The van der Waals surface area contributed by atoms with Crippen molar-refractivity contribution in [2.45, 2.75) is 12.2 Å². The minimum atomic E-state index is -0.458. The lowest BCUT2D eigenvalue weighted by molar-refractivity contribution is -0.131. The molecule has 166 valence electrons. The van der Waals surface area contributed by atoms with E-state index < -0.39 is 5.25 Å². The molecule has 7 nitrogen and oxygen atoms in total. The summed E-state index contributed by atoms with van der Waals surface area (Å²) >= 11 is 1.38. The minimum Gasteiger partial charge on any atom is -0.354 e. The summed E-state index contributed by atoms with van der Waals surface area (Å²) in [5.41, 5.74) is 2.13. The second-order valence-corrected chi connectivity index (χ2v) is 8.47. The van der Waals surface area contributed by atoms with Gasteiger partial charge in [0.15, 0.2) is 11.5 Å². The fourth-order valence-electron chi connectivity index (χ4n) is 3.31. The standard InChI is InChI=1S/C24H27N5O2S/c1-3-28(2)24(27-21-10-9-18(16-25)15-20(21)17-30)32-22(19-7-5-4-6-8-19)23(31)29-13-11-26-12-14-29/h4-10,15,17,22,26H,3,11-14H2,1-2H3. The van der Waals surface area contributed by atoms with Gasteiger partial charge in [-0.2, -0.15) is 5.26 Å². The third-order valence-electron chi connectivity index (χ3n) is 5.28. The number of amides is 1. The van der Waals surface area contributed by atoms with Crippen molar-refractivity contribution in [2.24, 2.45) is 4.99 Å². The van der Waals surface area contributed by atoms with E-state index in [1.54, 1.807) is 12.1 Å². The molecule has 3 rings (SSSR count). The fourth-order valence-corrected chi connectivity index (χ4v) is 4.52. The summed E-state index contributed by atoms with van der Waals surface area (Å²) in [6.45, 7) is 5.59. The lowest BCUT2D eigenvalue weighted by Crippen LogP contribution is -2.47. The first-order valence-electron chi connectivity index (χ1n) is 10.6. The monoisotopic (exact) mass is 449 g/mol. The number of nitrogens with zero attached hydrogens (tertiary/aromatic N) is 4. The lowest BCUT2D eigenvalue weighted by Gasteiger charge is -2.32. The van der Waals surface area contributed by atoms with E-state index in [9.17, 15) is 9.59 Å². The van der Waals surface area contributed by atoms with E-state index in [-0.39, 0.29) is 5.91 Å². The number of carbonyl (C=O) groups excluding carboxylic acids is 2. The molecule has 1 amide bonds. The molecular weight excluding hydrogens is 422 g/mol. The highest BCUT2D eigenvalue weighted by molar-refractivity contribution is 8.14. The van der Waals surface area contributed by atoms with Gasteiger partial charge in [0.05, 0.1) is 17.3 Å². The number of hydrogen-bond acceptors (Lipinski definition) is 6. The van der Waals surface area contributed by atoms with Crippen molar-refractivity contribution < 1.29 is 9.59 Å². The molecule has 1 fully saturated rings. The van der Waals surface area contributed by atoms with Crippen LogP contribution in [0.4, 0.5) is 5.69 Å². The van der Waals surface area contributed by atoms with Gasteiger partial charge in [-0.25, -0.2) is 4.99 Å². The van der Waals surface area contributed by atoms with E-state index in [1.165, 1.54) is 17.8 Å². The van der Waals surface area contributed by atoms with Gasteiger partial charge in [0.25, 0.3) is 0 Å². The van der Waals surface area contributed by atoms with E-state index in [2.05, 4.69) is 5.32 Å². The van der Waals surface area contributed by atoms with Gasteiger partial charge in [0.1, 0.15) is 5.25 Å². The van der Waals surface area contributed by atoms with Crippen molar-refractivity contribution in [1.29, 1.82) is 5.26 Å². The number of aliphatic imine (C=N–C) groups is 1. The van der Waals surface area contributed by atoms with Gasteiger partial charge in [-0.05, 0) is 30.7 Å². The fraction of sp³-hybridized carbons (Fsp3) is 0.333. The topological polar surface area (TPSA) is 88.8 Å². The Morgan fingerprint density at radius 3 is 2.62 bits per heavy atom.